The van der Waals surface area contributed by atoms with Gasteiger partial charge in [0.25, 0.3) is 0 Å². The summed E-state index contributed by atoms with van der Waals surface area (Å²) in [5.74, 6) is 0.316. The first-order valence-electron chi connectivity index (χ1n) is 8.82. The average Bonchev–Trinajstić information content (AvgIpc) is 3.09. The predicted octanol–water partition coefficient (Wildman–Crippen LogP) is 3.12. The molecule has 0 fully saturated rings. The van der Waals surface area contributed by atoms with Gasteiger partial charge in [0.15, 0.2) is 26.5 Å². The van der Waals surface area contributed by atoms with Crippen molar-refractivity contribution < 1.29 is 22.7 Å². The number of aromatic nitrogens is 1. The van der Waals surface area contributed by atoms with Gasteiger partial charge in [-0.15, -0.1) is 11.3 Å². The second-order valence-corrected chi connectivity index (χ2v) is 9.29. The number of sulfone groups is 1. The minimum atomic E-state index is -3.39. The van der Waals surface area contributed by atoms with Gasteiger partial charge in [0.05, 0.1) is 11.4 Å². The Morgan fingerprint density at radius 1 is 1.22 bits per heavy atom. The number of amides is 1. The van der Waals surface area contributed by atoms with Crippen LogP contribution < -0.4 is 14.8 Å². The van der Waals surface area contributed by atoms with Gasteiger partial charge in [0.1, 0.15) is 19.0 Å². The van der Waals surface area contributed by atoms with Crippen LogP contribution in [0.2, 0.25) is 0 Å². The number of carbonyl (C=O) groups is 1. The molecule has 0 saturated heterocycles. The molecule has 0 bridgehead atoms. The minimum absolute atomic E-state index is 0.0363. The third kappa shape index (κ3) is 5.43. The van der Waals surface area contributed by atoms with Crippen LogP contribution in [0.5, 0.6) is 11.5 Å². The third-order valence-corrected chi connectivity index (χ3v) is 6.37. The molecular weight excluding hydrogens is 388 g/mol. The van der Waals surface area contributed by atoms with Gasteiger partial charge < -0.3 is 14.8 Å². The zero-order valence-corrected chi connectivity index (χ0v) is 16.7. The van der Waals surface area contributed by atoms with Crippen molar-refractivity contribution in [2.75, 3.05) is 30.0 Å². The first-order chi connectivity index (χ1) is 13.0. The highest BCUT2D eigenvalue weighted by Crippen LogP contribution is 2.35. The van der Waals surface area contributed by atoms with Crippen LogP contribution in [0.3, 0.4) is 0 Å². The Morgan fingerprint density at radius 2 is 2.00 bits per heavy atom. The van der Waals surface area contributed by atoms with E-state index in [9.17, 15) is 13.2 Å². The molecule has 0 spiro atoms. The van der Waals surface area contributed by atoms with Crippen LogP contribution in [0.1, 0.15) is 26.2 Å². The van der Waals surface area contributed by atoms with E-state index in [-0.39, 0.29) is 5.75 Å². The van der Waals surface area contributed by atoms with E-state index >= 15 is 0 Å². The molecule has 2 heterocycles. The van der Waals surface area contributed by atoms with E-state index in [0.717, 1.165) is 18.4 Å². The van der Waals surface area contributed by atoms with E-state index < -0.39 is 21.5 Å². The minimum Gasteiger partial charge on any atom is -0.486 e. The largest absolute Gasteiger partial charge is 0.486 e. The number of nitrogens with one attached hydrogen (secondary N) is 1. The number of benzene rings is 1. The summed E-state index contributed by atoms with van der Waals surface area (Å²) in [7, 11) is -3.39. The molecular formula is C18H22N2O5S2. The zero-order valence-electron chi connectivity index (χ0n) is 15.1. The summed E-state index contributed by atoms with van der Waals surface area (Å²) in [4.78, 5) is 16.4. The number of rotatable bonds is 8. The van der Waals surface area contributed by atoms with Crippen molar-refractivity contribution in [3.63, 3.8) is 0 Å². The van der Waals surface area contributed by atoms with Gasteiger partial charge in [-0.25, -0.2) is 13.4 Å². The summed E-state index contributed by atoms with van der Waals surface area (Å²) in [5, 5.41) is 4.75. The molecule has 3 rings (SSSR count). The Morgan fingerprint density at radius 3 is 2.78 bits per heavy atom. The van der Waals surface area contributed by atoms with Crippen LogP contribution in [-0.4, -0.2) is 44.0 Å². The topological polar surface area (TPSA) is 94.6 Å². The van der Waals surface area contributed by atoms with Crippen LogP contribution in [0.4, 0.5) is 5.13 Å². The Bertz CT molecular complexity index is 908. The summed E-state index contributed by atoms with van der Waals surface area (Å²) in [5.41, 5.74) is 1.52. The summed E-state index contributed by atoms with van der Waals surface area (Å²) < 4.78 is 35.0. The van der Waals surface area contributed by atoms with Gasteiger partial charge in [0.2, 0.25) is 5.91 Å². The Kier molecular flexibility index (Phi) is 6.33. The number of ether oxygens (including phenoxy) is 2. The van der Waals surface area contributed by atoms with Crippen LogP contribution in [0.25, 0.3) is 11.3 Å². The van der Waals surface area contributed by atoms with Crippen LogP contribution >= 0.6 is 11.3 Å². The first kappa shape index (κ1) is 19.6. The molecule has 1 aliphatic heterocycles. The van der Waals surface area contributed by atoms with Gasteiger partial charge in [-0.3, -0.25) is 4.79 Å². The molecule has 9 heteroatoms. The molecule has 1 aromatic heterocycles. The summed E-state index contributed by atoms with van der Waals surface area (Å²) >= 11 is 1.25. The lowest BCUT2D eigenvalue weighted by Crippen LogP contribution is -2.24. The maximum absolute atomic E-state index is 12.0. The lowest BCUT2D eigenvalue weighted by atomic mass is 10.1. The molecule has 0 aliphatic carbocycles. The number of nitrogens with zero attached hydrogens (tertiary/aromatic N) is 1. The fourth-order valence-corrected chi connectivity index (χ4v) is 4.66. The molecule has 1 amide bonds. The summed E-state index contributed by atoms with van der Waals surface area (Å²) in [6.45, 7) is 3.03. The Balaban J connectivity index is 1.61. The molecule has 0 unspecified atom stereocenters. The molecule has 0 saturated carbocycles. The zero-order chi connectivity index (χ0) is 19.3. The monoisotopic (exact) mass is 410 g/mol. The molecule has 2 aromatic rings. The molecule has 1 aromatic carbocycles. The Labute approximate surface area is 162 Å². The quantitative estimate of drug-likeness (QED) is 0.672. The number of carbonyl (C=O) groups excluding carboxylic acids is 1. The normalized spacial score (nSPS) is 13.4. The van der Waals surface area contributed by atoms with Crippen molar-refractivity contribution in [2.45, 2.75) is 26.2 Å². The van der Waals surface area contributed by atoms with Crippen molar-refractivity contribution in [3.05, 3.63) is 23.6 Å². The van der Waals surface area contributed by atoms with Crippen molar-refractivity contribution in [2.24, 2.45) is 0 Å². The Hall–Kier alpha value is -2.13. The van der Waals surface area contributed by atoms with Gasteiger partial charge in [-0.1, -0.05) is 19.8 Å². The molecule has 1 aliphatic rings. The number of thiazole rings is 1. The number of unbranched alkanes of at least 4 members (excludes halogenated alkanes) is 2. The average molecular weight is 411 g/mol. The van der Waals surface area contributed by atoms with E-state index in [2.05, 4.69) is 10.3 Å². The summed E-state index contributed by atoms with van der Waals surface area (Å²) in [6.07, 6.45) is 2.35. The van der Waals surface area contributed by atoms with Gasteiger partial charge in [-0.05, 0) is 24.6 Å². The van der Waals surface area contributed by atoms with Crippen molar-refractivity contribution in [1.82, 2.24) is 4.98 Å². The molecule has 146 valence electrons. The second-order valence-electron chi connectivity index (χ2n) is 6.24. The van der Waals surface area contributed by atoms with Crippen molar-refractivity contribution >= 4 is 32.2 Å². The van der Waals surface area contributed by atoms with E-state index in [1.807, 2.05) is 25.1 Å². The molecule has 7 nitrogen and oxygen atoms in total. The van der Waals surface area contributed by atoms with Crippen LogP contribution in [0, 0.1) is 0 Å². The highest BCUT2D eigenvalue weighted by molar-refractivity contribution is 7.92. The predicted molar refractivity (Wildman–Crippen MR) is 105 cm³/mol. The second kappa shape index (κ2) is 8.71. The molecule has 0 radical (unpaired) electrons. The number of hydrogen-bond donors (Lipinski definition) is 1. The summed E-state index contributed by atoms with van der Waals surface area (Å²) in [6, 6.07) is 5.53. The maximum atomic E-state index is 12.0. The smallest absolute Gasteiger partial charge is 0.241 e. The lowest BCUT2D eigenvalue weighted by molar-refractivity contribution is -0.113. The number of hydrogen-bond acceptors (Lipinski definition) is 7. The van der Waals surface area contributed by atoms with Gasteiger partial charge in [0, 0.05) is 10.9 Å². The van der Waals surface area contributed by atoms with Crippen LogP contribution in [-0.2, 0) is 14.6 Å². The highest BCUT2D eigenvalue weighted by Gasteiger charge is 2.18. The number of fused-ring (bicyclic) bond motifs is 1. The molecule has 27 heavy (non-hydrogen) atoms. The third-order valence-electron chi connectivity index (χ3n) is 4.00. The van der Waals surface area contributed by atoms with E-state index in [0.29, 0.717) is 42.0 Å². The van der Waals surface area contributed by atoms with Crippen molar-refractivity contribution in [1.29, 1.82) is 0 Å². The number of anilines is 1. The first-order valence-corrected chi connectivity index (χ1v) is 11.5. The van der Waals surface area contributed by atoms with Crippen molar-refractivity contribution in [3.8, 4) is 22.8 Å². The standard InChI is InChI=1S/C18H22N2O5S2/c1-2-3-4-9-27(22,23)12-17(21)20-18-19-14(11-26-18)13-5-6-15-16(10-13)25-8-7-24-15/h5-6,10-11H,2-4,7-9,12H2,1H3,(H,19,20,21). The lowest BCUT2D eigenvalue weighted by Gasteiger charge is -2.18. The van der Waals surface area contributed by atoms with Gasteiger partial charge in [-0.2, -0.15) is 0 Å². The molecule has 0 atom stereocenters. The van der Waals surface area contributed by atoms with E-state index in [1.165, 1.54) is 11.3 Å². The van der Waals surface area contributed by atoms with E-state index in [4.69, 9.17) is 9.47 Å². The fraction of sp³-hybridized carbons (Fsp3) is 0.444. The maximum Gasteiger partial charge on any atom is 0.241 e. The fourth-order valence-electron chi connectivity index (χ4n) is 2.67. The highest BCUT2D eigenvalue weighted by atomic mass is 32.2. The van der Waals surface area contributed by atoms with Crippen LogP contribution in [0.15, 0.2) is 23.6 Å². The SMILES string of the molecule is CCCCCS(=O)(=O)CC(=O)Nc1nc(-c2ccc3c(c2)OCCO3)cs1. The van der Waals surface area contributed by atoms with Gasteiger partial charge >= 0.3 is 0 Å². The molecule has 1 N–H and O–H groups in total. The van der Waals surface area contributed by atoms with E-state index in [1.54, 1.807) is 5.38 Å².